The summed E-state index contributed by atoms with van der Waals surface area (Å²) in [6.45, 7) is 6.25. The summed E-state index contributed by atoms with van der Waals surface area (Å²) in [5.41, 5.74) is 4.84. The van der Waals surface area contributed by atoms with Crippen molar-refractivity contribution in [3.05, 3.63) is 0 Å². The SMILES string of the molecule is COC(=O)CC1(N)CCN(C(=O)OC(C)(C)C)C1. The van der Waals surface area contributed by atoms with E-state index in [1.807, 2.05) is 20.8 Å². The predicted molar refractivity (Wildman–Crippen MR) is 66.0 cm³/mol. The molecule has 2 N–H and O–H groups in total. The quantitative estimate of drug-likeness (QED) is 0.744. The number of ether oxygens (including phenoxy) is 2. The molecule has 1 aliphatic heterocycles. The molecule has 0 aromatic heterocycles. The molecule has 1 fully saturated rings. The number of methoxy groups -OCH3 is 1. The van der Waals surface area contributed by atoms with Crippen molar-refractivity contribution in [1.29, 1.82) is 0 Å². The van der Waals surface area contributed by atoms with E-state index < -0.39 is 11.1 Å². The van der Waals surface area contributed by atoms with Crippen LogP contribution in [0.3, 0.4) is 0 Å². The maximum Gasteiger partial charge on any atom is 0.410 e. The first kappa shape index (κ1) is 14.8. The third kappa shape index (κ3) is 4.18. The Morgan fingerprint density at radius 2 is 2.00 bits per heavy atom. The van der Waals surface area contributed by atoms with Crippen LogP contribution in [-0.2, 0) is 14.3 Å². The molecule has 104 valence electrons. The number of hydrogen-bond acceptors (Lipinski definition) is 5. The average molecular weight is 258 g/mol. The molecule has 1 saturated heterocycles. The fraction of sp³-hybridized carbons (Fsp3) is 0.833. The van der Waals surface area contributed by atoms with Crippen molar-refractivity contribution in [3.63, 3.8) is 0 Å². The van der Waals surface area contributed by atoms with Crippen molar-refractivity contribution in [1.82, 2.24) is 4.90 Å². The maximum atomic E-state index is 11.8. The second-order valence-corrected chi connectivity index (χ2v) is 5.77. The Hall–Kier alpha value is -1.30. The van der Waals surface area contributed by atoms with E-state index in [4.69, 9.17) is 10.5 Å². The Morgan fingerprint density at radius 3 is 2.50 bits per heavy atom. The minimum absolute atomic E-state index is 0.114. The van der Waals surface area contributed by atoms with Gasteiger partial charge < -0.3 is 20.1 Å². The zero-order valence-electron chi connectivity index (χ0n) is 11.5. The number of rotatable bonds is 2. The lowest BCUT2D eigenvalue weighted by Crippen LogP contribution is -2.46. The van der Waals surface area contributed by atoms with Crippen molar-refractivity contribution < 1.29 is 19.1 Å². The zero-order chi connectivity index (χ0) is 14.0. The van der Waals surface area contributed by atoms with E-state index in [0.717, 1.165) is 0 Å². The van der Waals surface area contributed by atoms with Crippen LogP contribution in [0.15, 0.2) is 0 Å². The maximum absolute atomic E-state index is 11.8. The van der Waals surface area contributed by atoms with Gasteiger partial charge in [0.25, 0.3) is 0 Å². The van der Waals surface area contributed by atoms with Crippen LogP contribution < -0.4 is 5.73 Å². The molecule has 1 aliphatic rings. The zero-order valence-corrected chi connectivity index (χ0v) is 11.5. The van der Waals surface area contributed by atoms with Gasteiger partial charge in [-0.05, 0) is 27.2 Å². The van der Waals surface area contributed by atoms with Gasteiger partial charge in [0, 0.05) is 18.6 Å². The summed E-state index contributed by atoms with van der Waals surface area (Å²) in [6.07, 6.45) is 0.295. The molecule has 6 nitrogen and oxygen atoms in total. The standard InChI is InChI=1S/C12H22N2O4/c1-11(2,3)18-10(16)14-6-5-12(13,8-14)7-9(15)17-4/h5-8,13H2,1-4H3. The van der Waals surface area contributed by atoms with Crippen LogP contribution in [0.25, 0.3) is 0 Å². The van der Waals surface area contributed by atoms with Crippen LogP contribution in [0, 0.1) is 0 Å². The van der Waals surface area contributed by atoms with Gasteiger partial charge in [-0.1, -0.05) is 0 Å². The number of esters is 1. The molecule has 0 aromatic rings. The van der Waals surface area contributed by atoms with E-state index in [-0.39, 0.29) is 18.5 Å². The lowest BCUT2D eigenvalue weighted by molar-refractivity contribution is -0.141. The molecule has 1 amide bonds. The summed E-state index contributed by atoms with van der Waals surface area (Å²) < 4.78 is 9.86. The third-order valence-corrected chi connectivity index (χ3v) is 2.76. The van der Waals surface area contributed by atoms with Gasteiger partial charge in [-0.2, -0.15) is 0 Å². The second-order valence-electron chi connectivity index (χ2n) is 5.77. The Bertz CT molecular complexity index is 337. The molecular formula is C12H22N2O4. The van der Waals surface area contributed by atoms with Gasteiger partial charge in [-0.25, -0.2) is 4.79 Å². The summed E-state index contributed by atoms with van der Waals surface area (Å²) in [6, 6.07) is 0. The molecule has 6 heteroatoms. The predicted octanol–water partition coefficient (Wildman–Crippen LogP) is 0.888. The summed E-state index contributed by atoms with van der Waals surface area (Å²) in [5, 5.41) is 0. The Labute approximate surface area is 107 Å². The number of hydrogen-bond donors (Lipinski definition) is 1. The van der Waals surface area contributed by atoms with Crippen LogP contribution in [0.5, 0.6) is 0 Å². The summed E-state index contributed by atoms with van der Waals surface area (Å²) in [7, 11) is 1.33. The highest BCUT2D eigenvalue weighted by Gasteiger charge is 2.40. The average Bonchev–Trinajstić information content (AvgIpc) is 2.58. The van der Waals surface area contributed by atoms with Gasteiger partial charge in [0.05, 0.1) is 13.5 Å². The van der Waals surface area contributed by atoms with E-state index in [9.17, 15) is 9.59 Å². The smallest absolute Gasteiger partial charge is 0.410 e. The topological polar surface area (TPSA) is 81.9 Å². The molecular weight excluding hydrogens is 236 g/mol. The molecule has 0 spiro atoms. The fourth-order valence-electron chi connectivity index (χ4n) is 1.88. The summed E-state index contributed by atoms with van der Waals surface area (Å²) >= 11 is 0. The third-order valence-electron chi connectivity index (χ3n) is 2.76. The van der Waals surface area contributed by atoms with Gasteiger partial charge in [0.2, 0.25) is 0 Å². The lowest BCUT2D eigenvalue weighted by Gasteiger charge is -2.26. The van der Waals surface area contributed by atoms with Crippen LogP contribution >= 0.6 is 0 Å². The number of nitrogens with zero attached hydrogens (tertiary/aromatic N) is 1. The minimum atomic E-state index is -0.704. The number of carbonyl (C=O) groups is 2. The van der Waals surface area contributed by atoms with E-state index in [2.05, 4.69) is 4.74 Å². The molecule has 1 unspecified atom stereocenters. The number of amides is 1. The largest absolute Gasteiger partial charge is 0.469 e. The van der Waals surface area contributed by atoms with Crippen LogP contribution in [0.4, 0.5) is 4.79 Å². The Morgan fingerprint density at radius 1 is 1.39 bits per heavy atom. The normalized spacial score (nSPS) is 23.9. The van der Waals surface area contributed by atoms with Gasteiger partial charge in [0.15, 0.2) is 0 Å². The molecule has 0 radical (unpaired) electrons. The van der Waals surface area contributed by atoms with Gasteiger partial charge in [0.1, 0.15) is 5.60 Å². The molecule has 0 bridgehead atoms. The van der Waals surface area contributed by atoms with Gasteiger partial charge >= 0.3 is 12.1 Å². The van der Waals surface area contributed by atoms with Crippen molar-refractivity contribution in [3.8, 4) is 0 Å². The first-order valence-corrected chi connectivity index (χ1v) is 5.99. The highest BCUT2D eigenvalue weighted by atomic mass is 16.6. The first-order valence-electron chi connectivity index (χ1n) is 5.99. The highest BCUT2D eigenvalue weighted by molar-refractivity contribution is 5.72. The van der Waals surface area contributed by atoms with Crippen LogP contribution in [-0.4, -0.2) is 48.3 Å². The Balaban J connectivity index is 2.55. The fourth-order valence-corrected chi connectivity index (χ4v) is 1.88. The highest BCUT2D eigenvalue weighted by Crippen LogP contribution is 2.24. The van der Waals surface area contributed by atoms with Gasteiger partial charge in [-0.3, -0.25) is 4.79 Å². The molecule has 1 atom stereocenters. The first-order chi connectivity index (χ1) is 8.15. The van der Waals surface area contributed by atoms with E-state index in [0.29, 0.717) is 19.5 Å². The molecule has 0 aromatic carbocycles. The Kier molecular flexibility index (Phi) is 4.21. The van der Waals surface area contributed by atoms with Crippen molar-refractivity contribution in [2.24, 2.45) is 5.73 Å². The van der Waals surface area contributed by atoms with Crippen molar-refractivity contribution >= 4 is 12.1 Å². The number of carbonyl (C=O) groups excluding carboxylic acids is 2. The summed E-state index contributed by atoms with van der Waals surface area (Å²) in [4.78, 5) is 24.6. The molecule has 0 saturated carbocycles. The van der Waals surface area contributed by atoms with Crippen LogP contribution in [0.2, 0.25) is 0 Å². The molecule has 18 heavy (non-hydrogen) atoms. The van der Waals surface area contributed by atoms with E-state index in [1.54, 1.807) is 0 Å². The van der Waals surface area contributed by atoms with Crippen molar-refractivity contribution in [2.75, 3.05) is 20.2 Å². The van der Waals surface area contributed by atoms with E-state index >= 15 is 0 Å². The number of likely N-dealkylation sites (tertiary alicyclic amines) is 1. The second kappa shape index (κ2) is 5.14. The van der Waals surface area contributed by atoms with E-state index in [1.165, 1.54) is 12.0 Å². The van der Waals surface area contributed by atoms with Crippen molar-refractivity contribution in [2.45, 2.75) is 44.8 Å². The monoisotopic (exact) mass is 258 g/mol. The lowest BCUT2D eigenvalue weighted by atomic mass is 9.96. The molecule has 1 heterocycles. The molecule has 0 aliphatic carbocycles. The minimum Gasteiger partial charge on any atom is -0.469 e. The molecule has 1 rings (SSSR count). The summed E-state index contributed by atoms with van der Waals surface area (Å²) in [5.74, 6) is -0.358. The van der Waals surface area contributed by atoms with Crippen LogP contribution in [0.1, 0.15) is 33.6 Å². The number of nitrogens with two attached hydrogens (primary N) is 1. The van der Waals surface area contributed by atoms with Gasteiger partial charge in [-0.15, -0.1) is 0 Å².